The lowest BCUT2D eigenvalue weighted by Gasteiger charge is -2.00. The van der Waals surface area contributed by atoms with Crippen molar-refractivity contribution in [3.05, 3.63) is 92.6 Å². The van der Waals surface area contributed by atoms with E-state index in [1.165, 1.54) is 24.3 Å². The largest absolute Gasteiger partial charge is 0.402 e. The summed E-state index contributed by atoms with van der Waals surface area (Å²) in [5, 5.41) is 11.4. The monoisotopic (exact) mass is 354 g/mol. The summed E-state index contributed by atoms with van der Waals surface area (Å²) >= 11 is 6.06. The van der Waals surface area contributed by atoms with Gasteiger partial charge >= 0.3 is 5.97 Å². The summed E-state index contributed by atoms with van der Waals surface area (Å²) in [5.74, 6) is -0.483. The lowest BCUT2D eigenvalue weighted by atomic mass is 10.1. The van der Waals surface area contributed by atoms with Gasteiger partial charge in [-0.15, -0.1) is 0 Å². The van der Waals surface area contributed by atoms with Crippen molar-refractivity contribution in [2.75, 3.05) is 0 Å². The van der Waals surface area contributed by atoms with Gasteiger partial charge in [-0.3, -0.25) is 10.1 Å². The number of aliphatic imine (C=N–C) groups is 1. The van der Waals surface area contributed by atoms with Gasteiger partial charge in [0, 0.05) is 6.07 Å². The van der Waals surface area contributed by atoms with E-state index in [2.05, 4.69) is 4.99 Å². The Balaban J connectivity index is 1.86. The van der Waals surface area contributed by atoms with Crippen molar-refractivity contribution in [2.45, 2.75) is 0 Å². The molecule has 124 valence electrons. The van der Waals surface area contributed by atoms with Crippen LogP contribution in [0.1, 0.15) is 11.1 Å². The molecule has 1 aliphatic heterocycles. The lowest BCUT2D eigenvalue weighted by Crippen LogP contribution is -2.05. The van der Waals surface area contributed by atoms with Gasteiger partial charge in [0.25, 0.3) is 5.69 Å². The number of nitro groups is 1. The average Bonchev–Trinajstić information content (AvgIpc) is 2.96. The first-order valence-corrected chi connectivity index (χ1v) is 7.61. The smallest absolute Gasteiger partial charge is 0.363 e. The Kier molecular flexibility index (Phi) is 4.72. The first-order valence-electron chi connectivity index (χ1n) is 7.24. The zero-order valence-corrected chi connectivity index (χ0v) is 13.5. The van der Waals surface area contributed by atoms with Crippen LogP contribution in [0.3, 0.4) is 0 Å². The molecule has 2 aromatic carbocycles. The molecule has 6 nitrogen and oxygen atoms in total. The number of hydrogen-bond donors (Lipinski definition) is 0. The minimum Gasteiger partial charge on any atom is -0.402 e. The maximum atomic E-state index is 11.9. The zero-order valence-electron chi connectivity index (χ0n) is 12.8. The van der Waals surface area contributed by atoms with Crippen LogP contribution in [-0.2, 0) is 9.53 Å². The summed E-state index contributed by atoms with van der Waals surface area (Å²) in [5.41, 5.74) is 1.01. The zero-order chi connectivity index (χ0) is 17.8. The molecule has 7 heteroatoms. The fourth-order valence-corrected chi connectivity index (χ4v) is 2.43. The van der Waals surface area contributed by atoms with Crippen molar-refractivity contribution < 1.29 is 14.5 Å². The van der Waals surface area contributed by atoms with Crippen LogP contribution in [0, 0.1) is 10.1 Å². The van der Waals surface area contributed by atoms with Crippen LogP contribution in [0.2, 0.25) is 5.02 Å². The normalized spacial score (nSPS) is 15.5. The number of carbonyl (C=O) groups is 1. The standard InChI is InChI=1S/C18H11ClN2O4/c19-14-9-3-2-8-13(14)17-20-15(18(22)25-17)10-5-7-12-6-1-4-11-16(12)21(23)24/h1-11H/b7-5+,15-10-. The number of hydrogen-bond acceptors (Lipinski definition) is 5. The van der Waals surface area contributed by atoms with Crippen LogP contribution >= 0.6 is 11.6 Å². The Hall–Kier alpha value is -3.25. The summed E-state index contributed by atoms with van der Waals surface area (Å²) in [6, 6.07) is 13.2. The number of benzene rings is 2. The third kappa shape index (κ3) is 3.64. The minimum atomic E-state index is -0.609. The third-order valence-corrected chi connectivity index (χ3v) is 3.72. The van der Waals surface area contributed by atoms with Crippen LogP contribution in [0.4, 0.5) is 5.69 Å². The van der Waals surface area contributed by atoms with Crippen LogP contribution in [0.25, 0.3) is 6.08 Å². The topological polar surface area (TPSA) is 81.8 Å². The predicted octanol–water partition coefficient (Wildman–Crippen LogP) is 4.15. The van der Waals surface area contributed by atoms with E-state index in [0.29, 0.717) is 16.1 Å². The molecule has 0 bridgehead atoms. The highest BCUT2D eigenvalue weighted by Crippen LogP contribution is 2.23. The summed E-state index contributed by atoms with van der Waals surface area (Å²) in [4.78, 5) is 26.5. The van der Waals surface area contributed by atoms with Crippen molar-refractivity contribution in [3.63, 3.8) is 0 Å². The van der Waals surface area contributed by atoms with Crippen LogP contribution < -0.4 is 0 Å². The van der Waals surface area contributed by atoms with Crippen molar-refractivity contribution in [3.8, 4) is 0 Å². The van der Waals surface area contributed by atoms with Crippen LogP contribution in [0.15, 0.2) is 71.4 Å². The molecule has 3 rings (SSSR count). The first kappa shape index (κ1) is 16.6. The van der Waals surface area contributed by atoms with E-state index < -0.39 is 10.9 Å². The quantitative estimate of drug-likeness (QED) is 0.357. The van der Waals surface area contributed by atoms with Gasteiger partial charge in [0.1, 0.15) is 0 Å². The summed E-state index contributed by atoms with van der Waals surface area (Å²) < 4.78 is 5.12. The van der Waals surface area contributed by atoms with Gasteiger partial charge in [0.2, 0.25) is 5.90 Å². The van der Waals surface area contributed by atoms with E-state index in [4.69, 9.17) is 16.3 Å². The Labute approximate surface area is 147 Å². The van der Waals surface area contributed by atoms with Gasteiger partial charge < -0.3 is 4.74 Å². The second kappa shape index (κ2) is 7.11. The first-order chi connectivity index (χ1) is 12.1. The molecule has 0 amide bonds. The molecular weight excluding hydrogens is 344 g/mol. The number of rotatable bonds is 4. The number of carbonyl (C=O) groups excluding carboxylic acids is 1. The van der Waals surface area contributed by atoms with E-state index in [-0.39, 0.29) is 17.3 Å². The molecule has 0 aliphatic carbocycles. The Morgan fingerprint density at radius 3 is 2.60 bits per heavy atom. The van der Waals surface area contributed by atoms with Gasteiger partial charge in [-0.1, -0.05) is 41.9 Å². The number of para-hydroxylation sites is 1. The fourth-order valence-electron chi connectivity index (χ4n) is 2.21. The average molecular weight is 355 g/mol. The lowest BCUT2D eigenvalue weighted by molar-refractivity contribution is -0.385. The molecule has 0 atom stereocenters. The molecule has 0 saturated carbocycles. The number of nitrogens with zero attached hydrogens (tertiary/aromatic N) is 2. The van der Waals surface area contributed by atoms with E-state index >= 15 is 0 Å². The van der Waals surface area contributed by atoms with Crippen molar-refractivity contribution in [1.29, 1.82) is 0 Å². The number of esters is 1. The second-order valence-corrected chi connectivity index (χ2v) is 5.42. The third-order valence-electron chi connectivity index (χ3n) is 3.39. The van der Waals surface area contributed by atoms with E-state index in [0.717, 1.165) is 0 Å². The van der Waals surface area contributed by atoms with Gasteiger partial charge in [0.05, 0.1) is 21.1 Å². The maximum Gasteiger partial charge on any atom is 0.363 e. The van der Waals surface area contributed by atoms with Gasteiger partial charge in [-0.05, 0) is 30.4 Å². The molecule has 2 aromatic rings. The molecule has 0 spiro atoms. The molecule has 0 saturated heterocycles. The molecule has 0 unspecified atom stereocenters. The van der Waals surface area contributed by atoms with E-state index in [1.807, 2.05) is 0 Å². The fraction of sp³-hybridized carbons (Fsp3) is 0. The van der Waals surface area contributed by atoms with E-state index in [9.17, 15) is 14.9 Å². The molecule has 1 heterocycles. The number of ether oxygens (including phenoxy) is 1. The predicted molar refractivity (Wildman–Crippen MR) is 94.3 cm³/mol. The minimum absolute atomic E-state index is 0.0218. The highest BCUT2D eigenvalue weighted by molar-refractivity contribution is 6.34. The van der Waals surface area contributed by atoms with Crippen molar-refractivity contribution >= 4 is 35.2 Å². The van der Waals surface area contributed by atoms with Crippen LogP contribution in [0.5, 0.6) is 0 Å². The number of halogens is 1. The van der Waals surface area contributed by atoms with Gasteiger partial charge in [-0.25, -0.2) is 9.79 Å². The molecule has 0 radical (unpaired) electrons. The summed E-state index contributed by atoms with van der Waals surface area (Å²) in [7, 11) is 0. The number of nitro benzene ring substituents is 1. The second-order valence-electron chi connectivity index (χ2n) is 5.01. The van der Waals surface area contributed by atoms with Crippen molar-refractivity contribution in [1.82, 2.24) is 0 Å². The van der Waals surface area contributed by atoms with Gasteiger partial charge in [0.15, 0.2) is 5.70 Å². The SMILES string of the molecule is O=C1OC(c2ccccc2Cl)=N/C1=C\C=C\c1ccccc1[N+](=O)[O-]. The highest BCUT2D eigenvalue weighted by Gasteiger charge is 2.24. The molecule has 0 fully saturated rings. The summed E-state index contributed by atoms with van der Waals surface area (Å²) in [6.07, 6.45) is 4.47. The molecular formula is C18H11ClN2O4. The Morgan fingerprint density at radius 1 is 1.12 bits per heavy atom. The Bertz CT molecular complexity index is 948. The summed E-state index contributed by atoms with van der Waals surface area (Å²) in [6.45, 7) is 0. The van der Waals surface area contributed by atoms with Crippen molar-refractivity contribution in [2.24, 2.45) is 4.99 Å². The highest BCUT2D eigenvalue weighted by atomic mass is 35.5. The molecule has 0 aromatic heterocycles. The van der Waals surface area contributed by atoms with Crippen LogP contribution in [-0.4, -0.2) is 16.8 Å². The Morgan fingerprint density at radius 2 is 1.84 bits per heavy atom. The molecule has 1 aliphatic rings. The number of cyclic esters (lactones) is 1. The van der Waals surface area contributed by atoms with Gasteiger partial charge in [-0.2, -0.15) is 0 Å². The molecule has 25 heavy (non-hydrogen) atoms. The molecule has 0 N–H and O–H groups in total. The number of allylic oxidation sites excluding steroid dienone is 2. The van der Waals surface area contributed by atoms with E-state index in [1.54, 1.807) is 42.5 Å². The maximum absolute atomic E-state index is 11.9.